The number of carboxylic acids is 1. The highest BCUT2D eigenvalue weighted by atomic mass is 16.4. The number of nitrogens with zero attached hydrogens (tertiary/aromatic N) is 2. The van der Waals surface area contributed by atoms with Crippen LogP contribution in [0.4, 0.5) is 0 Å². The van der Waals surface area contributed by atoms with E-state index in [-0.39, 0.29) is 6.42 Å². The summed E-state index contributed by atoms with van der Waals surface area (Å²) in [5.74, 6) is -1.07. The Hall–Kier alpha value is -1.53. The van der Waals surface area contributed by atoms with E-state index in [4.69, 9.17) is 15.9 Å². The second kappa shape index (κ2) is 5.00. The first-order chi connectivity index (χ1) is 7.49. The number of hydrogen-bond donors (Lipinski definition) is 3. The lowest BCUT2D eigenvalue weighted by Gasteiger charge is -2.25. The van der Waals surface area contributed by atoms with E-state index in [1.54, 1.807) is 0 Å². The van der Waals surface area contributed by atoms with E-state index in [1.165, 1.54) is 25.5 Å². The lowest BCUT2D eigenvalue weighted by Crippen LogP contribution is -2.35. The van der Waals surface area contributed by atoms with E-state index in [9.17, 15) is 4.79 Å². The minimum Gasteiger partial charge on any atom is -0.481 e. The highest BCUT2D eigenvalue weighted by Crippen LogP contribution is 2.27. The van der Waals surface area contributed by atoms with Crippen molar-refractivity contribution in [2.75, 3.05) is 6.61 Å². The molecule has 1 aromatic rings. The average molecular weight is 225 g/mol. The fourth-order valence-corrected chi connectivity index (χ4v) is 1.31. The number of nitrogens with two attached hydrogens (primary N) is 1. The van der Waals surface area contributed by atoms with Gasteiger partial charge in [-0.2, -0.15) is 0 Å². The third-order valence-corrected chi connectivity index (χ3v) is 2.50. The van der Waals surface area contributed by atoms with E-state index in [2.05, 4.69) is 9.97 Å². The van der Waals surface area contributed by atoms with E-state index < -0.39 is 24.0 Å². The lowest BCUT2D eigenvalue weighted by molar-refractivity contribution is -0.151. The molecule has 0 saturated heterocycles. The Kier molecular flexibility index (Phi) is 3.92. The van der Waals surface area contributed by atoms with Crippen molar-refractivity contribution in [1.82, 2.24) is 9.97 Å². The normalized spacial score (nSPS) is 16.4. The molecule has 1 rings (SSSR count). The van der Waals surface area contributed by atoms with Crippen LogP contribution in [0.25, 0.3) is 0 Å². The Bertz CT molecular complexity index is 358. The van der Waals surface area contributed by atoms with Gasteiger partial charge in [0.15, 0.2) is 0 Å². The van der Waals surface area contributed by atoms with E-state index in [1.807, 2.05) is 0 Å². The van der Waals surface area contributed by atoms with Crippen molar-refractivity contribution in [2.24, 2.45) is 11.1 Å². The standard InChI is InChI=1S/C10H15N3O3/c1-10(6-14,9(15)16)4-7(11)8-5-12-2-3-13-8/h2-3,5,7,14H,4,6,11H2,1H3,(H,15,16). The van der Waals surface area contributed by atoms with E-state index in [0.29, 0.717) is 5.69 Å². The number of hydrogen-bond acceptors (Lipinski definition) is 5. The molecule has 0 radical (unpaired) electrons. The second-order valence-electron chi connectivity index (χ2n) is 3.96. The molecular formula is C10H15N3O3. The summed E-state index contributed by atoms with van der Waals surface area (Å²) in [4.78, 5) is 18.8. The Morgan fingerprint density at radius 3 is 2.75 bits per heavy atom. The van der Waals surface area contributed by atoms with Crippen LogP contribution in [0.15, 0.2) is 18.6 Å². The monoisotopic (exact) mass is 225 g/mol. The van der Waals surface area contributed by atoms with Gasteiger partial charge in [0.1, 0.15) is 0 Å². The molecule has 0 aliphatic carbocycles. The molecule has 0 aromatic carbocycles. The lowest BCUT2D eigenvalue weighted by atomic mass is 9.84. The molecule has 0 bridgehead atoms. The van der Waals surface area contributed by atoms with Crippen LogP contribution in [0.1, 0.15) is 25.1 Å². The van der Waals surface area contributed by atoms with Crippen LogP contribution in [0.5, 0.6) is 0 Å². The van der Waals surface area contributed by atoms with Crippen LogP contribution in [0.2, 0.25) is 0 Å². The van der Waals surface area contributed by atoms with Crippen molar-refractivity contribution < 1.29 is 15.0 Å². The highest BCUT2D eigenvalue weighted by Gasteiger charge is 2.35. The second-order valence-corrected chi connectivity index (χ2v) is 3.96. The number of carbonyl (C=O) groups is 1. The van der Waals surface area contributed by atoms with Crippen LogP contribution >= 0.6 is 0 Å². The topological polar surface area (TPSA) is 109 Å². The van der Waals surface area contributed by atoms with Crippen LogP contribution in [0, 0.1) is 5.41 Å². The van der Waals surface area contributed by atoms with Crippen molar-refractivity contribution in [3.05, 3.63) is 24.3 Å². The van der Waals surface area contributed by atoms with Crippen molar-refractivity contribution >= 4 is 5.97 Å². The first-order valence-electron chi connectivity index (χ1n) is 4.85. The van der Waals surface area contributed by atoms with Gasteiger partial charge in [0.25, 0.3) is 0 Å². The Morgan fingerprint density at radius 1 is 1.62 bits per heavy atom. The Labute approximate surface area is 93.2 Å². The van der Waals surface area contributed by atoms with Gasteiger partial charge in [0, 0.05) is 24.6 Å². The molecule has 6 nitrogen and oxygen atoms in total. The molecule has 88 valence electrons. The number of carboxylic acid groups (broad SMARTS) is 1. The molecule has 0 amide bonds. The maximum atomic E-state index is 11.0. The molecular weight excluding hydrogens is 210 g/mol. The predicted molar refractivity (Wildman–Crippen MR) is 56.4 cm³/mol. The summed E-state index contributed by atoms with van der Waals surface area (Å²) in [7, 11) is 0. The van der Waals surface area contributed by atoms with Crippen LogP contribution in [0.3, 0.4) is 0 Å². The van der Waals surface area contributed by atoms with E-state index in [0.717, 1.165) is 0 Å². The largest absolute Gasteiger partial charge is 0.481 e. The van der Waals surface area contributed by atoms with Gasteiger partial charge in [0.05, 0.1) is 17.7 Å². The van der Waals surface area contributed by atoms with Crippen LogP contribution in [-0.2, 0) is 4.79 Å². The SMILES string of the molecule is CC(CO)(CC(N)c1cnccn1)C(=O)O. The molecule has 0 fully saturated rings. The first-order valence-corrected chi connectivity index (χ1v) is 4.85. The number of aliphatic hydroxyl groups is 1. The molecule has 0 aliphatic rings. The predicted octanol–water partition coefficient (Wildman–Crippen LogP) is -0.0503. The van der Waals surface area contributed by atoms with Gasteiger partial charge in [-0.05, 0) is 13.3 Å². The molecule has 2 unspecified atom stereocenters. The number of aromatic nitrogens is 2. The molecule has 4 N–H and O–H groups in total. The fourth-order valence-electron chi connectivity index (χ4n) is 1.31. The third-order valence-electron chi connectivity index (χ3n) is 2.50. The summed E-state index contributed by atoms with van der Waals surface area (Å²) in [6, 6.07) is -0.554. The summed E-state index contributed by atoms with van der Waals surface area (Å²) in [5.41, 5.74) is 5.08. The maximum absolute atomic E-state index is 11.0. The van der Waals surface area contributed by atoms with E-state index >= 15 is 0 Å². The van der Waals surface area contributed by atoms with Crippen LogP contribution < -0.4 is 5.73 Å². The minimum atomic E-state index is -1.25. The highest BCUT2D eigenvalue weighted by molar-refractivity contribution is 5.74. The van der Waals surface area contributed by atoms with Gasteiger partial charge in [-0.15, -0.1) is 0 Å². The molecule has 0 aliphatic heterocycles. The molecule has 6 heteroatoms. The Balaban J connectivity index is 2.78. The van der Waals surface area contributed by atoms with Crippen molar-refractivity contribution in [3.63, 3.8) is 0 Å². The van der Waals surface area contributed by atoms with Gasteiger partial charge < -0.3 is 15.9 Å². The van der Waals surface area contributed by atoms with Gasteiger partial charge in [-0.3, -0.25) is 14.8 Å². The summed E-state index contributed by atoms with van der Waals surface area (Å²) in [6.07, 6.45) is 4.60. The van der Waals surface area contributed by atoms with Gasteiger partial charge in [0.2, 0.25) is 0 Å². The van der Waals surface area contributed by atoms with Gasteiger partial charge >= 0.3 is 5.97 Å². The summed E-state index contributed by atoms with van der Waals surface area (Å²) in [6.45, 7) is 0.988. The van der Waals surface area contributed by atoms with Gasteiger partial charge in [-0.1, -0.05) is 0 Å². The molecule has 16 heavy (non-hydrogen) atoms. The average Bonchev–Trinajstić information content (AvgIpc) is 2.29. The molecule has 0 spiro atoms. The molecule has 2 atom stereocenters. The maximum Gasteiger partial charge on any atom is 0.311 e. The summed E-state index contributed by atoms with van der Waals surface area (Å²) >= 11 is 0. The minimum absolute atomic E-state index is 0.109. The van der Waals surface area contributed by atoms with Crippen LogP contribution in [-0.4, -0.2) is 32.8 Å². The van der Waals surface area contributed by atoms with Crippen molar-refractivity contribution in [2.45, 2.75) is 19.4 Å². The first kappa shape index (κ1) is 12.5. The molecule has 1 heterocycles. The zero-order valence-corrected chi connectivity index (χ0v) is 9.00. The smallest absolute Gasteiger partial charge is 0.311 e. The third kappa shape index (κ3) is 2.74. The van der Waals surface area contributed by atoms with Gasteiger partial charge in [-0.25, -0.2) is 0 Å². The Morgan fingerprint density at radius 2 is 2.31 bits per heavy atom. The summed E-state index contributed by atoms with van der Waals surface area (Å²) in [5, 5.41) is 18.1. The van der Waals surface area contributed by atoms with Crippen molar-refractivity contribution in [1.29, 1.82) is 0 Å². The zero-order chi connectivity index (χ0) is 12.2. The summed E-state index contributed by atoms with van der Waals surface area (Å²) < 4.78 is 0. The van der Waals surface area contributed by atoms with Crippen molar-refractivity contribution in [3.8, 4) is 0 Å². The number of rotatable bonds is 5. The molecule has 1 aromatic heterocycles. The number of aliphatic hydroxyl groups excluding tert-OH is 1. The molecule has 0 saturated carbocycles. The number of aliphatic carboxylic acids is 1. The quantitative estimate of drug-likeness (QED) is 0.648. The zero-order valence-electron chi connectivity index (χ0n) is 9.00. The fraction of sp³-hybridized carbons (Fsp3) is 0.500.